The van der Waals surface area contributed by atoms with Gasteiger partial charge in [-0.3, -0.25) is 5.32 Å². The summed E-state index contributed by atoms with van der Waals surface area (Å²) in [6.45, 7) is 8.45. The van der Waals surface area contributed by atoms with Crippen molar-refractivity contribution in [1.29, 1.82) is 0 Å². The maximum Gasteiger partial charge on any atom is 0.330 e. The van der Waals surface area contributed by atoms with E-state index in [1.165, 1.54) is 13.8 Å². The van der Waals surface area contributed by atoms with E-state index in [-0.39, 0.29) is 23.8 Å². The van der Waals surface area contributed by atoms with Gasteiger partial charge in [0.15, 0.2) is 0 Å². The largest absolute Gasteiger partial charge is 0.464 e. The smallest absolute Gasteiger partial charge is 0.330 e. The first-order valence-electron chi connectivity index (χ1n) is 6.63. The molecule has 0 amide bonds. The SMILES string of the molecule is CCOC(=O)C(C)(NC(C)C)c1cc(F)c(C)cc1F. The summed E-state index contributed by atoms with van der Waals surface area (Å²) in [5, 5.41) is 2.96. The van der Waals surface area contributed by atoms with Gasteiger partial charge in [0.1, 0.15) is 17.2 Å². The molecule has 1 aromatic rings. The minimum atomic E-state index is -1.43. The number of hydrogen-bond donors (Lipinski definition) is 1. The summed E-state index contributed by atoms with van der Waals surface area (Å²) in [5.41, 5.74) is -1.28. The second kappa shape index (κ2) is 6.31. The molecule has 3 nitrogen and oxygen atoms in total. The number of benzene rings is 1. The normalized spacial score (nSPS) is 14.2. The number of ether oxygens (including phenoxy) is 1. The van der Waals surface area contributed by atoms with Crippen LogP contribution >= 0.6 is 0 Å². The molecule has 0 saturated heterocycles. The van der Waals surface area contributed by atoms with E-state index < -0.39 is 23.1 Å². The van der Waals surface area contributed by atoms with E-state index in [4.69, 9.17) is 4.74 Å². The van der Waals surface area contributed by atoms with Crippen molar-refractivity contribution in [3.05, 3.63) is 34.9 Å². The van der Waals surface area contributed by atoms with Gasteiger partial charge in [-0.25, -0.2) is 13.6 Å². The maximum absolute atomic E-state index is 14.2. The number of aryl methyl sites for hydroxylation is 1. The van der Waals surface area contributed by atoms with Crippen LogP contribution in [0.1, 0.15) is 38.8 Å². The van der Waals surface area contributed by atoms with Crippen LogP contribution in [-0.4, -0.2) is 18.6 Å². The Labute approximate surface area is 118 Å². The molecule has 0 spiro atoms. The summed E-state index contributed by atoms with van der Waals surface area (Å²) in [4.78, 5) is 12.2. The zero-order chi connectivity index (χ0) is 15.5. The van der Waals surface area contributed by atoms with Gasteiger partial charge in [0, 0.05) is 11.6 Å². The van der Waals surface area contributed by atoms with E-state index in [1.54, 1.807) is 6.92 Å². The van der Waals surface area contributed by atoms with Gasteiger partial charge in [-0.15, -0.1) is 0 Å². The number of halogens is 2. The summed E-state index contributed by atoms with van der Waals surface area (Å²) in [6.07, 6.45) is 0. The van der Waals surface area contributed by atoms with Gasteiger partial charge in [-0.05, 0) is 52.3 Å². The molecule has 0 bridgehead atoms. The van der Waals surface area contributed by atoms with E-state index >= 15 is 0 Å². The quantitative estimate of drug-likeness (QED) is 0.845. The van der Waals surface area contributed by atoms with Gasteiger partial charge in [-0.2, -0.15) is 0 Å². The number of esters is 1. The molecular weight excluding hydrogens is 264 g/mol. The highest BCUT2D eigenvalue weighted by atomic mass is 19.1. The summed E-state index contributed by atoms with van der Waals surface area (Å²) in [6, 6.07) is 2.04. The van der Waals surface area contributed by atoms with Crippen LogP contribution in [0.3, 0.4) is 0 Å². The third kappa shape index (κ3) is 3.33. The molecule has 0 aromatic heterocycles. The van der Waals surface area contributed by atoms with Crippen molar-refractivity contribution in [3.8, 4) is 0 Å². The molecule has 20 heavy (non-hydrogen) atoms. The van der Waals surface area contributed by atoms with E-state index in [9.17, 15) is 13.6 Å². The third-order valence-corrected chi connectivity index (χ3v) is 3.05. The predicted molar refractivity (Wildman–Crippen MR) is 73.4 cm³/mol. The van der Waals surface area contributed by atoms with Crippen molar-refractivity contribution in [2.24, 2.45) is 0 Å². The molecule has 1 unspecified atom stereocenters. The molecule has 0 aliphatic rings. The number of carbonyl (C=O) groups excluding carboxylic acids is 1. The van der Waals surface area contributed by atoms with Crippen molar-refractivity contribution >= 4 is 5.97 Å². The number of carbonyl (C=O) groups is 1. The van der Waals surface area contributed by atoms with Gasteiger partial charge in [-0.1, -0.05) is 0 Å². The first kappa shape index (κ1) is 16.6. The first-order valence-corrected chi connectivity index (χ1v) is 6.63. The minimum absolute atomic E-state index is 0.0484. The fourth-order valence-corrected chi connectivity index (χ4v) is 2.13. The summed E-state index contributed by atoms with van der Waals surface area (Å²) in [7, 11) is 0. The highest BCUT2D eigenvalue weighted by Crippen LogP contribution is 2.28. The fraction of sp³-hybridized carbons (Fsp3) is 0.533. The zero-order valence-electron chi connectivity index (χ0n) is 12.5. The molecular formula is C15H21F2NO2. The van der Waals surface area contributed by atoms with Crippen LogP contribution in [-0.2, 0) is 15.1 Å². The van der Waals surface area contributed by atoms with Crippen molar-refractivity contribution in [2.75, 3.05) is 6.61 Å². The van der Waals surface area contributed by atoms with Crippen LogP contribution in [0.15, 0.2) is 12.1 Å². The Morgan fingerprint density at radius 3 is 2.45 bits per heavy atom. The molecule has 0 saturated carbocycles. The lowest BCUT2D eigenvalue weighted by atomic mass is 9.89. The molecule has 0 radical (unpaired) electrons. The lowest BCUT2D eigenvalue weighted by Crippen LogP contribution is -2.51. The Balaban J connectivity index is 3.37. The minimum Gasteiger partial charge on any atom is -0.464 e. The van der Waals surface area contributed by atoms with Gasteiger partial charge in [0.25, 0.3) is 0 Å². The monoisotopic (exact) mass is 285 g/mol. The van der Waals surface area contributed by atoms with Gasteiger partial charge in [0.2, 0.25) is 0 Å². The lowest BCUT2D eigenvalue weighted by Gasteiger charge is -2.31. The van der Waals surface area contributed by atoms with Crippen LogP contribution in [0.25, 0.3) is 0 Å². The summed E-state index contributed by atoms with van der Waals surface area (Å²) >= 11 is 0. The molecule has 0 heterocycles. The topological polar surface area (TPSA) is 38.3 Å². The first-order chi connectivity index (χ1) is 9.22. The summed E-state index contributed by atoms with van der Waals surface area (Å²) < 4.78 is 32.9. The van der Waals surface area contributed by atoms with Crippen LogP contribution in [0.5, 0.6) is 0 Å². The van der Waals surface area contributed by atoms with Gasteiger partial charge < -0.3 is 4.74 Å². The Hall–Kier alpha value is -1.49. The fourth-order valence-electron chi connectivity index (χ4n) is 2.13. The molecule has 1 aromatic carbocycles. The maximum atomic E-state index is 14.2. The van der Waals surface area contributed by atoms with Crippen LogP contribution in [0.4, 0.5) is 8.78 Å². The van der Waals surface area contributed by atoms with Gasteiger partial charge >= 0.3 is 5.97 Å². The Morgan fingerprint density at radius 2 is 1.95 bits per heavy atom. The molecule has 5 heteroatoms. The molecule has 1 rings (SSSR count). The zero-order valence-corrected chi connectivity index (χ0v) is 12.5. The average molecular weight is 285 g/mol. The number of rotatable bonds is 5. The number of hydrogen-bond acceptors (Lipinski definition) is 3. The van der Waals surface area contributed by atoms with E-state index in [2.05, 4.69) is 5.32 Å². The molecule has 0 aliphatic heterocycles. The standard InChI is InChI=1S/C15H21F2NO2/c1-6-20-14(19)15(5,18-9(2)3)11-8-12(16)10(4)7-13(11)17/h7-9,18H,6H2,1-5H3. The highest BCUT2D eigenvalue weighted by Gasteiger charge is 2.39. The Morgan fingerprint density at radius 1 is 1.35 bits per heavy atom. The van der Waals surface area contributed by atoms with Crippen LogP contribution in [0, 0.1) is 18.6 Å². The lowest BCUT2D eigenvalue weighted by molar-refractivity contribution is -0.151. The van der Waals surface area contributed by atoms with Crippen LogP contribution in [0.2, 0.25) is 0 Å². The predicted octanol–water partition coefficient (Wildman–Crippen LogP) is 3.05. The number of nitrogens with one attached hydrogen (secondary N) is 1. The summed E-state index contributed by atoms with van der Waals surface area (Å²) in [5.74, 6) is -1.81. The van der Waals surface area contributed by atoms with Crippen molar-refractivity contribution in [3.63, 3.8) is 0 Å². The second-order valence-electron chi connectivity index (χ2n) is 5.23. The Kier molecular flexibility index (Phi) is 5.22. The molecule has 1 N–H and O–H groups in total. The molecule has 1 atom stereocenters. The van der Waals surface area contributed by atoms with Crippen molar-refractivity contribution in [1.82, 2.24) is 5.32 Å². The molecule has 112 valence electrons. The molecule has 0 aliphatic carbocycles. The van der Waals surface area contributed by atoms with Crippen molar-refractivity contribution < 1.29 is 18.3 Å². The molecule has 0 fully saturated rings. The van der Waals surface area contributed by atoms with Crippen molar-refractivity contribution in [2.45, 2.75) is 46.2 Å². The third-order valence-electron chi connectivity index (χ3n) is 3.05. The van der Waals surface area contributed by atoms with E-state index in [1.807, 2.05) is 13.8 Å². The van der Waals surface area contributed by atoms with E-state index in [0.29, 0.717) is 0 Å². The Bertz CT molecular complexity index is 503. The van der Waals surface area contributed by atoms with E-state index in [0.717, 1.165) is 12.1 Å². The van der Waals surface area contributed by atoms with Gasteiger partial charge in [0.05, 0.1) is 6.61 Å². The second-order valence-corrected chi connectivity index (χ2v) is 5.23. The average Bonchev–Trinajstić information content (AvgIpc) is 2.33. The van der Waals surface area contributed by atoms with Crippen LogP contribution < -0.4 is 5.32 Å². The highest BCUT2D eigenvalue weighted by molar-refractivity contribution is 5.82.